The lowest BCUT2D eigenvalue weighted by Gasteiger charge is -2.31. The molecule has 0 atom stereocenters. The number of nitrogens with one attached hydrogen (secondary N) is 1. The van der Waals surface area contributed by atoms with Gasteiger partial charge in [0.05, 0.1) is 0 Å². The summed E-state index contributed by atoms with van der Waals surface area (Å²) in [6.45, 7) is 5.17. The molecule has 6 heteroatoms. The minimum Gasteiger partial charge on any atom is -0.338 e. The monoisotopic (exact) mass is 213 g/mol. The van der Waals surface area contributed by atoms with Crippen LogP contribution in [0.4, 0.5) is 4.79 Å². The van der Waals surface area contributed by atoms with E-state index in [0.29, 0.717) is 19.6 Å². The second-order valence-electron chi connectivity index (χ2n) is 3.18. The van der Waals surface area contributed by atoms with E-state index in [4.69, 9.17) is 0 Å². The van der Waals surface area contributed by atoms with Gasteiger partial charge in [0.2, 0.25) is 0 Å². The number of piperazine rings is 1. The summed E-state index contributed by atoms with van der Waals surface area (Å²) >= 11 is 0. The summed E-state index contributed by atoms with van der Waals surface area (Å²) in [7, 11) is 0. The molecule has 0 aromatic rings. The van der Waals surface area contributed by atoms with Crippen molar-refractivity contribution in [3.05, 3.63) is 0 Å². The van der Waals surface area contributed by atoms with Gasteiger partial charge in [0.25, 0.3) is 0 Å². The Morgan fingerprint density at radius 2 is 1.93 bits per heavy atom. The standard InChI is InChI=1S/C9H15N3O3/c1-3-10-9(15)12-6-5-11(4-2)7(13)8(12)14/h3-6H2,1-2H3,(H,10,15). The van der Waals surface area contributed by atoms with Crippen LogP contribution in [0, 0.1) is 0 Å². The number of urea groups is 1. The quantitative estimate of drug-likeness (QED) is 0.623. The normalized spacial score (nSPS) is 16.9. The zero-order valence-electron chi connectivity index (χ0n) is 8.95. The fraction of sp³-hybridized carbons (Fsp3) is 0.667. The molecule has 1 aliphatic heterocycles. The molecular weight excluding hydrogens is 198 g/mol. The van der Waals surface area contributed by atoms with Gasteiger partial charge in [-0.3, -0.25) is 14.5 Å². The molecule has 1 fully saturated rings. The Kier molecular flexibility index (Phi) is 3.65. The largest absolute Gasteiger partial charge is 0.338 e. The second-order valence-corrected chi connectivity index (χ2v) is 3.18. The second kappa shape index (κ2) is 4.77. The molecular formula is C9H15N3O3. The van der Waals surface area contributed by atoms with Gasteiger partial charge in [-0.1, -0.05) is 0 Å². The molecule has 1 N–H and O–H groups in total. The van der Waals surface area contributed by atoms with Crippen LogP contribution in [0.3, 0.4) is 0 Å². The van der Waals surface area contributed by atoms with E-state index in [9.17, 15) is 14.4 Å². The average Bonchev–Trinajstić information content (AvgIpc) is 2.22. The summed E-state index contributed by atoms with van der Waals surface area (Å²) in [5.74, 6) is -1.34. The molecule has 4 amide bonds. The first kappa shape index (κ1) is 11.5. The van der Waals surface area contributed by atoms with E-state index >= 15 is 0 Å². The van der Waals surface area contributed by atoms with Crippen LogP contribution in [0.25, 0.3) is 0 Å². The number of rotatable bonds is 2. The van der Waals surface area contributed by atoms with Crippen molar-refractivity contribution in [1.29, 1.82) is 0 Å². The Balaban J connectivity index is 2.68. The van der Waals surface area contributed by atoms with E-state index in [1.54, 1.807) is 13.8 Å². The molecule has 0 spiro atoms. The predicted molar refractivity (Wildman–Crippen MR) is 53.0 cm³/mol. The molecule has 0 saturated carbocycles. The molecule has 1 saturated heterocycles. The van der Waals surface area contributed by atoms with Gasteiger partial charge >= 0.3 is 17.8 Å². The summed E-state index contributed by atoms with van der Waals surface area (Å²) in [5, 5.41) is 2.49. The highest BCUT2D eigenvalue weighted by Crippen LogP contribution is 2.04. The molecule has 0 aliphatic carbocycles. The first-order valence-corrected chi connectivity index (χ1v) is 5.00. The Morgan fingerprint density at radius 1 is 1.27 bits per heavy atom. The van der Waals surface area contributed by atoms with Gasteiger partial charge in [-0.25, -0.2) is 4.79 Å². The van der Waals surface area contributed by atoms with Gasteiger partial charge in [-0.2, -0.15) is 0 Å². The van der Waals surface area contributed by atoms with Crippen molar-refractivity contribution >= 4 is 17.8 Å². The molecule has 1 aliphatic rings. The Morgan fingerprint density at radius 3 is 2.47 bits per heavy atom. The van der Waals surface area contributed by atoms with Crippen LogP contribution in [0.15, 0.2) is 0 Å². The third-order valence-electron chi connectivity index (χ3n) is 2.26. The number of likely N-dealkylation sites (N-methyl/N-ethyl adjacent to an activating group) is 1. The smallest absolute Gasteiger partial charge is 0.324 e. The van der Waals surface area contributed by atoms with Crippen LogP contribution in [0.2, 0.25) is 0 Å². The molecule has 15 heavy (non-hydrogen) atoms. The van der Waals surface area contributed by atoms with Gasteiger partial charge in [0.1, 0.15) is 0 Å². The lowest BCUT2D eigenvalue weighted by Crippen LogP contribution is -2.58. The molecule has 84 valence electrons. The van der Waals surface area contributed by atoms with E-state index in [1.165, 1.54) is 4.90 Å². The molecule has 0 bridgehead atoms. The summed E-state index contributed by atoms with van der Waals surface area (Å²) in [6, 6.07) is -0.494. The number of imide groups is 1. The van der Waals surface area contributed by atoms with Crippen LogP contribution in [0.1, 0.15) is 13.8 Å². The van der Waals surface area contributed by atoms with Crippen molar-refractivity contribution in [1.82, 2.24) is 15.1 Å². The van der Waals surface area contributed by atoms with Crippen molar-refractivity contribution in [2.75, 3.05) is 26.2 Å². The molecule has 6 nitrogen and oxygen atoms in total. The van der Waals surface area contributed by atoms with Gasteiger partial charge in [0, 0.05) is 26.2 Å². The van der Waals surface area contributed by atoms with E-state index in [2.05, 4.69) is 5.32 Å². The minimum atomic E-state index is -0.742. The number of nitrogens with zero attached hydrogens (tertiary/aromatic N) is 2. The fourth-order valence-electron chi connectivity index (χ4n) is 1.42. The highest BCUT2D eigenvalue weighted by Gasteiger charge is 2.34. The number of hydrogen-bond acceptors (Lipinski definition) is 3. The van der Waals surface area contributed by atoms with Gasteiger partial charge in [0.15, 0.2) is 0 Å². The van der Waals surface area contributed by atoms with E-state index in [1.807, 2.05) is 0 Å². The van der Waals surface area contributed by atoms with Crippen molar-refractivity contribution in [3.63, 3.8) is 0 Å². The molecule has 0 unspecified atom stereocenters. The molecule has 1 heterocycles. The van der Waals surface area contributed by atoms with Crippen molar-refractivity contribution in [2.24, 2.45) is 0 Å². The molecule has 0 aromatic carbocycles. The first-order valence-electron chi connectivity index (χ1n) is 5.00. The van der Waals surface area contributed by atoms with Crippen LogP contribution in [-0.4, -0.2) is 53.8 Å². The fourth-order valence-corrected chi connectivity index (χ4v) is 1.42. The third-order valence-corrected chi connectivity index (χ3v) is 2.26. The summed E-state index contributed by atoms with van der Waals surface area (Å²) < 4.78 is 0. The first-order chi connectivity index (χ1) is 7.11. The maximum absolute atomic E-state index is 11.5. The predicted octanol–water partition coefficient (Wildman–Crippen LogP) is -0.593. The third kappa shape index (κ3) is 2.26. The highest BCUT2D eigenvalue weighted by molar-refractivity contribution is 6.38. The van der Waals surface area contributed by atoms with E-state index < -0.39 is 17.8 Å². The minimum absolute atomic E-state index is 0.268. The van der Waals surface area contributed by atoms with Crippen LogP contribution in [0.5, 0.6) is 0 Å². The number of hydrogen-bond donors (Lipinski definition) is 1. The Bertz CT molecular complexity index is 290. The lowest BCUT2D eigenvalue weighted by molar-refractivity contribution is -0.153. The highest BCUT2D eigenvalue weighted by atomic mass is 16.2. The molecule has 0 radical (unpaired) electrons. The van der Waals surface area contributed by atoms with Crippen LogP contribution in [-0.2, 0) is 9.59 Å². The summed E-state index contributed by atoms with van der Waals surface area (Å²) in [6.07, 6.45) is 0. The number of carbonyl (C=O) groups is 3. The Hall–Kier alpha value is -1.59. The SMILES string of the molecule is CCNC(=O)N1CCN(CC)C(=O)C1=O. The topological polar surface area (TPSA) is 69.7 Å². The number of amides is 4. The van der Waals surface area contributed by atoms with Crippen LogP contribution >= 0.6 is 0 Å². The average molecular weight is 213 g/mol. The molecule has 0 aromatic heterocycles. The van der Waals surface area contributed by atoms with Crippen molar-refractivity contribution in [2.45, 2.75) is 13.8 Å². The summed E-state index contributed by atoms with van der Waals surface area (Å²) in [5.41, 5.74) is 0. The van der Waals surface area contributed by atoms with Gasteiger partial charge < -0.3 is 10.2 Å². The zero-order valence-corrected chi connectivity index (χ0v) is 8.95. The van der Waals surface area contributed by atoms with Crippen molar-refractivity contribution in [3.8, 4) is 0 Å². The molecule has 1 rings (SSSR count). The van der Waals surface area contributed by atoms with Crippen LogP contribution < -0.4 is 5.32 Å². The van der Waals surface area contributed by atoms with Gasteiger partial charge in [-0.05, 0) is 13.8 Å². The van der Waals surface area contributed by atoms with E-state index in [0.717, 1.165) is 4.90 Å². The van der Waals surface area contributed by atoms with Gasteiger partial charge in [-0.15, -0.1) is 0 Å². The zero-order chi connectivity index (χ0) is 11.4. The number of carbonyl (C=O) groups excluding carboxylic acids is 3. The Labute approximate surface area is 88.2 Å². The maximum Gasteiger partial charge on any atom is 0.324 e. The maximum atomic E-state index is 11.5. The summed E-state index contributed by atoms with van der Waals surface area (Å²) in [4.78, 5) is 36.7. The van der Waals surface area contributed by atoms with E-state index in [-0.39, 0.29) is 6.54 Å². The lowest BCUT2D eigenvalue weighted by atomic mass is 10.3. The van der Waals surface area contributed by atoms with Crippen molar-refractivity contribution < 1.29 is 14.4 Å².